The molecule has 0 radical (unpaired) electrons. The smallest absolute Gasteiger partial charge is 0.726 e. The quantitative estimate of drug-likeness (QED) is 0.228. The van der Waals surface area contributed by atoms with Gasteiger partial charge in [-0.2, -0.15) is 0 Å². The van der Waals surface area contributed by atoms with E-state index < -0.39 is 19.7 Å². The predicted octanol–water partition coefficient (Wildman–Crippen LogP) is -4.61. The molecule has 0 heterocycles. The fourth-order valence-corrected chi connectivity index (χ4v) is 0. The zero-order valence-corrected chi connectivity index (χ0v) is 8.21. The molecule has 0 amide bonds. The van der Waals surface area contributed by atoms with Crippen LogP contribution in [0.1, 0.15) is 0 Å². The van der Waals surface area contributed by atoms with Gasteiger partial charge in [-0.1, -0.05) is 0 Å². The molecule has 0 aliphatic rings. The van der Waals surface area contributed by atoms with Gasteiger partial charge in [-0.3, -0.25) is 13.5 Å². The molecule has 9 heteroatoms. The van der Waals surface area contributed by atoms with Gasteiger partial charge in [-0.25, -0.2) is 8.42 Å². The van der Waals surface area contributed by atoms with E-state index in [4.69, 9.17) is 26.4 Å². The largest absolute Gasteiger partial charge is 1.00 e. The van der Waals surface area contributed by atoms with Crippen molar-refractivity contribution in [2.24, 2.45) is 0 Å². The Bertz CT molecular complexity index is 153. The van der Waals surface area contributed by atoms with Crippen LogP contribution >= 0.6 is 0 Å². The molecular weight excluding hydrogens is 179 g/mol. The molecule has 48 valence electrons. The summed E-state index contributed by atoms with van der Waals surface area (Å²) in [4.78, 5) is 0. The molecule has 0 unspecified atom stereocenters. The molecule has 9 heavy (non-hydrogen) atoms. The second kappa shape index (κ2) is 8.69. The minimum atomic E-state index is -4.92. The zero-order chi connectivity index (χ0) is 7.21. The number of hydrogen-bond acceptors (Lipinski definition) is 5. The van der Waals surface area contributed by atoms with Crippen molar-refractivity contribution in [2.45, 2.75) is 0 Å². The first kappa shape index (κ1) is 16.3. The molecule has 0 saturated carbocycles. The van der Waals surface area contributed by atoms with Crippen molar-refractivity contribution >= 4 is 19.7 Å². The van der Waals surface area contributed by atoms with Crippen LogP contribution in [0.3, 0.4) is 0 Å². The van der Waals surface area contributed by atoms with Crippen LogP contribution in [-0.4, -0.2) is 26.8 Å². The maximum Gasteiger partial charge on any atom is 1.00 e. The van der Waals surface area contributed by atoms with E-state index >= 15 is 0 Å². The van der Waals surface area contributed by atoms with Gasteiger partial charge >= 0.3 is 38.8 Å². The van der Waals surface area contributed by atoms with Crippen LogP contribution in [-0.2, 0) is 19.3 Å². The van der Waals surface area contributed by atoms with Crippen LogP contribution in [0.25, 0.3) is 0 Å². The monoisotopic (exact) mass is 180 g/mol. The molecule has 0 aromatic carbocycles. The van der Waals surface area contributed by atoms with Gasteiger partial charge in [0.1, 0.15) is 0 Å². The Kier molecular flexibility index (Phi) is 15.8. The van der Waals surface area contributed by atoms with Crippen molar-refractivity contribution in [2.75, 3.05) is 0 Å². The van der Waals surface area contributed by atoms with Gasteiger partial charge < -0.3 is 4.55 Å². The van der Waals surface area contributed by atoms with E-state index in [0.717, 1.165) is 0 Å². The minimum Gasteiger partial charge on any atom is -0.726 e. The van der Waals surface area contributed by atoms with E-state index in [9.17, 15) is 0 Å². The summed E-state index contributed by atoms with van der Waals surface area (Å²) in [7, 11) is -6.33. The van der Waals surface area contributed by atoms with Gasteiger partial charge in [0.2, 0.25) is 10.4 Å². The molecule has 0 bridgehead atoms. The minimum absolute atomic E-state index is 0. The van der Waals surface area contributed by atoms with Crippen molar-refractivity contribution < 1.29 is 56.0 Å². The fourth-order valence-electron chi connectivity index (χ4n) is 0. The molecule has 0 spiro atoms. The Balaban J connectivity index is -0.0000000800. The molecule has 1 N–H and O–H groups in total. The summed E-state index contributed by atoms with van der Waals surface area (Å²) in [5, 5.41) is 0. The third kappa shape index (κ3) is 823. The SMILES string of the molecule is O=S(=O)([O-])O.O=[Si]=O.[Na+]. The first-order chi connectivity index (χ1) is 3.41. The van der Waals surface area contributed by atoms with Gasteiger partial charge in [0.15, 0.2) is 0 Å². The van der Waals surface area contributed by atoms with Crippen LogP contribution in [0.5, 0.6) is 0 Å². The van der Waals surface area contributed by atoms with Gasteiger partial charge in [0.05, 0.1) is 0 Å². The summed E-state index contributed by atoms with van der Waals surface area (Å²) in [5.41, 5.74) is 0. The van der Waals surface area contributed by atoms with E-state index in [1.165, 1.54) is 0 Å². The first-order valence-electron chi connectivity index (χ1n) is 1.09. The van der Waals surface area contributed by atoms with Crippen molar-refractivity contribution in [3.63, 3.8) is 0 Å². The average molecular weight is 180 g/mol. The zero-order valence-electron chi connectivity index (χ0n) is 4.40. The Morgan fingerprint density at radius 1 is 1.33 bits per heavy atom. The molecule has 0 aliphatic heterocycles. The maximum atomic E-state index is 8.63. The molecule has 0 atom stereocenters. The van der Waals surface area contributed by atoms with Crippen molar-refractivity contribution in [1.82, 2.24) is 0 Å². The summed E-state index contributed by atoms with van der Waals surface area (Å²) in [6.07, 6.45) is 0. The van der Waals surface area contributed by atoms with E-state index in [1.54, 1.807) is 0 Å². The molecule has 0 aromatic heterocycles. The van der Waals surface area contributed by atoms with Crippen molar-refractivity contribution in [3.05, 3.63) is 0 Å². The average Bonchev–Trinajstić information content (AvgIpc) is 1.27. The molecule has 0 rings (SSSR count). The standard InChI is InChI=1S/Na.H2O4S.O2Si/c;1-5(2,3)4;1-3-2/h;(H2,1,2,3,4);/q+1;;/p-1. The third-order valence-electron chi connectivity index (χ3n) is 0. The Hall–Kier alpha value is 0.687. The Morgan fingerprint density at radius 3 is 1.33 bits per heavy atom. The summed E-state index contributed by atoms with van der Waals surface area (Å²) >= 11 is 0. The fraction of sp³-hybridized carbons (Fsp3) is 0. The maximum absolute atomic E-state index is 8.63. The van der Waals surface area contributed by atoms with Crippen LogP contribution in [0.4, 0.5) is 0 Å². The van der Waals surface area contributed by atoms with E-state index in [2.05, 4.69) is 0 Å². The van der Waals surface area contributed by atoms with Gasteiger partial charge in [0.25, 0.3) is 0 Å². The van der Waals surface area contributed by atoms with Gasteiger partial charge in [-0.05, 0) is 0 Å². The molecule has 6 nitrogen and oxygen atoms in total. The van der Waals surface area contributed by atoms with E-state index in [-0.39, 0.29) is 29.6 Å². The summed E-state index contributed by atoms with van der Waals surface area (Å²) < 4.78 is 49.6. The Morgan fingerprint density at radius 2 is 1.33 bits per heavy atom. The molecular formula is HNaO6SSi. The van der Waals surface area contributed by atoms with Crippen molar-refractivity contribution in [1.29, 1.82) is 0 Å². The van der Waals surface area contributed by atoms with Crippen LogP contribution in [0.15, 0.2) is 0 Å². The van der Waals surface area contributed by atoms with Gasteiger partial charge in [-0.15, -0.1) is 0 Å². The molecule has 0 aliphatic carbocycles. The third-order valence-corrected chi connectivity index (χ3v) is 0. The van der Waals surface area contributed by atoms with E-state index in [0.29, 0.717) is 0 Å². The molecule has 0 saturated heterocycles. The van der Waals surface area contributed by atoms with Crippen LogP contribution < -0.4 is 29.6 Å². The number of hydrogen-bond donors (Lipinski definition) is 1. The van der Waals surface area contributed by atoms with E-state index in [1.807, 2.05) is 0 Å². The van der Waals surface area contributed by atoms with Crippen LogP contribution in [0, 0.1) is 0 Å². The summed E-state index contributed by atoms with van der Waals surface area (Å²) in [6, 6.07) is 0. The summed E-state index contributed by atoms with van der Waals surface area (Å²) in [5.74, 6) is 0. The second-order valence-electron chi connectivity index (χ2n) is 0.511. The number of rotatable bonds is 0. The summed E-state index contributed by atoms with van der Waals surface area (Å²) in [6.45, 7) is 0. The molecule has 0 aromatic rings. The normalized spacial score (nSPS) is 7.33. The second-order valence-corrected chi connectivity index (χ2v) is 1.53. The molecule has 0 fully saturated rings. The Labute approximate surface area is 75.5 Å². The van der Waals surface area contributed by atoms with Crippen molar-refractivity contribution in [3.8, 4) is 0 Å². The topological polar surface area (TPSA) is 112 Å². The predicted molar refractivity (Wildman–Crippen MR) is 19.5 cm³/mol. The van der Waals surface area contributed by atoms with Crippen LogP contribution in [0.2, 0.25) is 0 Å². The van der Waals surface area contributed by atoms with Gasteiger partial charge in [0, 0.05) is 0 Å². The first-order valence-corrected chi connectivity index (χ1v) is 3.27.